The van der Waals surface area contributed by atoms with Crippen molar-refractivity contribution < 1.29 is 67.3 Å². The van der Waals surface area contributed by atoms with E-state index < -0.39 is 42.4 Å². The minimum Gasteiger partial charge on any atom is -0.384 e. The molecular weight excluding hydrogens is 384 g/mol. The van der Waals surface area contributed by atoms with Gasteiger partial charge in [-0.1, -0.05) is 0 Å². The summed E-state index contributed by atoms with van der Waals surface area (Å²) < 4.78 is 154. The Kier molecular flexibility index (Phi) is 5.84. The van der Waals surface area contributed by atoms with Crippen molar-refractivity contribution in [2.24, 2.45) is 0 Å². The molecule has 0 saturated carbocycles. The first kappa shape index (κ1) is 23.0. The third kappa shape index (κ3) is 4.56. The van der Waals surface area contributed by atoms with Gasteiger partial charge in [0, 0.05) is 0 Å². The third-order valence-electron chi connectivity index (χ3n) is 2.35. The molecule has 0 spiro atoms. The average molecular weight is 392 g/mol. The molecule has 2 atom stereocenters. The molecule has 3 nitrogen and oxygen atoms in total. The molecule has 146 valence electrons. The van der Waals surface area contributed by atoms with E-state index in [-0.39, 0.29) is 13.8 Å². The van der Waals surface area contributed by atoms with Crippen LogP contribution in [0.5, 0.6) is 0 Å². The Labute approximate surface area is 125 Å². The maximum Gasteiger partial charge on any atom is 0.525 e. The molecule has 0 aromatic rings. The molecule has 0 saturated heterocycles. The van der Waals surface area contributed by atoms with Crippen LogP contribution in [0.3, 0.4) is 0 Å². The van der Waals surface area contributed by atoms with Crippen molar-refractivity contribution >= 4 is 0 Å². The van der Waals surface area contributed by atoms with Crippen LogP contribution in [0.25, 0.3) is 0 Å². The van der Waals surface area contributed by atoms with E-state index in [9.17, 15) is 52.7 Å². The molecule has 0 aromatic heterocycles. The summed E-state index contributed by atoms with van der Waals surface area (Å²) in [5.74, 6) is -12.4. The van der Waals surface area contributed by atoms with Crippen LogP contribution >= 0.6 is 0 Å². The standard InChI is InChI=1S/C9H8F12O3/c1-4(2,22)5(11,12)3(10)23-8(17,18)6(13,7(14,15)16)24-9(19,20)21/h3,22H,1-2H3. The van der Waals surface area contributed by atoms with E-state index in [0.717, 1.165) is 0 Å². The van der Waals surface area contributed by atoms with E-state index in [0.29, 0.717) is 0 Å². The van der Waals surface area contributed by atoms with Gasteiger partial charge < -0.3 is 5.11 Å². The summed E-state index contributed by atoms with van der Waals surface area (Å²) in [6, 6.07) is 0. The van der Waals surface area contributed by atoms with Crippen LogP contribution < -0.4 is 0 Å². The van der Waals surface area contributed by atoms with E-state index in [1.807, 2.05) is 0 Å². The molecule has 0 amide bonds. The zero-order valence-corrected chi connectivity index (χ0v) is 11.4. The number of ether oxygens (including phenoxy) is 2. The molecule has 0 aliphatic heterocycles. The number of rotatable bonds is 6. The minimum absolute atomic E-state index is 0.111. The van der Waals surface area contributed by atoms with E-state index >= 15 is 0 Å². The molecule has 0 aromatic carbocycles. The number of halogens is 12. The zero-order chi connectivity index (χ0) is 20.0. The van der Waals surface area contributed by atoms with Crippen molar-refractivity contribution in [3.05, 3.63) is 0 Å². The molecule has 0 rings (SSSR count). The van der Waals surface area contributed by atoms with Crippen LogP contribution in [0.1, 0.15) is 13.8 Å². The highest BCUT2D eigenvalue weighted by Gasteiger charge is 2.79. The van der Waals surface area contributed by atoms with Crippen LogP contribution in [0.15, 0.2) is 0 Å². The molecule has 2 unspecified atom stereocenters. The van der Waals surface area contributed by atoms with Crippen LogP contribution in [0, 0.1) is 0 Å². The maximum atomic E-state index is 13.2. The fourth-order valence-corrected chi connectivity index (χ4v) is 0.999. The summed E-state index contributed by atoms with van der Waals surface area (Å²) in [5, 5.41) is 8.82. The predicted octanol–water partition coefficient (Wildman–Crippen LogP) is 4.06. The van der Waals surface area contributed by atoms with Gasteiger partial charge in [0.1, 0.15) is 5.60 Å². The summed E-state index contributed by atoms with van der Waals surface area (Å²) >= 11 is 0. The Balaban J connectivity index is 5.81. The fourth-order valence-electron chi connectivity index (χ4n) is 0.999. The second-order valence-corrected chi connectivity index (χ2v) is 4.77. The molecule has 0 radical (unpaired) electrons. The Hall–Kier alpha value is -0.960. The lowest BCUT2D eigenvalue weighted by atomic mass is 10.0. The van der Waals surface area contributed by atoms with Crippen molar-refractivity contribution in [2.45, 2.75) is 56.2 Å². The summed E-state index contributed by atoms with van der Waals surface area (Å²) in [6.07, 6.45) is -25.6. The monoisotopic (exact) mass is 392 g/mol. The van der Waals surface area contributed by atoms with E-state index in [2.05, 4.69) is 4.74 Å². The quantitative estimate of drug-likeness (QED) is 0.693. The van der Waals surface area contributed by atoms with Crippen LogP contribution in [-0.4, -0.2) is 47.5 Å². The maximum absolute atomic E-state index is 13.2. The van der Waals surface area contributed by atoms with Crippen molar-refractivity contribution in [1.29, 1.82) is 0 Å². The molecule has 0 aliphatic rings. The van der Waals surface area contributed by atoms with Gasteiger partial charge in [-0.25, -0.2) is 9.13 Å². The average Bonchev–Trinajstić information content (AvgIpc) is 2.22. The Morgan fingerprint density at radius 1 is 0.792 bits per heavy atom. The lowest BCUT2D eigenvalue weighted by molar-refractivity contribution is -0.531. The van der Waals surface area contributed by atoms with Gasteiger partial charge >= 0.3 is 30.4 Å². The Bertz CT molecular complexity index is 437. The normalized spacial score (nSPS) is 19.1. The van der Waals surface area contributed by atoms with Gasteiger partial charge in [0.05, 0.1) is 0 Å². The van der Waals surface area contributed by atoms with Gasteiger partial charge in [0.2, 0.25) is 0 Å². The second-order valence-electron chi connectivity index (χ2n) is 4.77. The van der Waals surface area contributed by atoms with E-state index in [1.165, 1.54) is 0 Å². The molecule has 0 heterocycles. The zero-order valence-electron chi connectivity index (χ0n) is 11.4. The first-order valence-electron chi connectivity index (χ1n) is 5.41. The summed E-state index contributed by atoms with van der Waals surface area (Å²) in [7, 11) is 0. The van der Waals surface area contributed by atoms with Crippen molar-refractivity contribution in [1.82, 2.24) is 0 Å². The number of aliphatic hydroxyl groups is 1. The summed E-state index contributed by atoms with van der Waals surface area (Å²) in [5.41, 5.74) is -3.51. The van der Waals surface area contributed by atoms with E-state index in [1.54, 1.807) is 4.74 Å². The first-order valence-corrected chi connectivity index (χ1v) is 5.41. The Morgan fingerprint density at radius 3 is 1.42 bits per heavy atom. The van der Waals surface area contributed by atoms with Crippen LogP contribution in [0.2, 0.25) is 0 Å². The first-order chi connectivity index (χ1) is 10.1. The van der Waals surface area contributed by atoms with Crippen molar-refractivity contribution in [3.63, 3.8) is 0 Å². The molecular formula is C9H8F12O3. The smallest absolute Gasteiger partial charge is 0.384 e. The fraction of sp³-hybridized carbons (Fsp3) is 1.00. The van der Waals surface area contributed by atoms with Gasteiger partial charge in [-0.3, -0.25) is 4.74 Å². The van der Waals surface area contributed by atoms with E-state index in [4.69, 9.17) is 5.11 Å². The molecule has 1 N–H and O–H groups in total. The van der Waals surface area contributed by atoms with Gasteiger partial charge in [0.25, 0.3) is 6.36 Å². The van der Waals surface area contributed by atoms with Crippen LogP contribution in [-0.2, 0) is 9.47 Å². The lowest BCUT2D eigenvalue weighted by Gasteiger charge is -2.37. The van der Waals surface area contributed by atoms with Gasteiger partial charge in [-0.05, 0) is 13.8 Å². The molecule has 15 heteroatoms. The van der Waals surface area contributed by atoms with Gasteiger partial charge in [0.15, 0.2) is 0 Å². The summed E-state index contributed by atoms with van der Waals surface area (Å²) in [4.78, 5) is 0. The van der Waals surface area contributed by atoms with Crippen molar-refractivity contribution in [3.8, 4) is 0 Å². The predicted molar refractivity (Wildman–Crippen MR) is 49.2 cm³/mol. The van der Waals surface area contributed by atoms with Crippen molar-refractivity contribution in [2.75, 3.05) is 0 Å². The highest BCUT2D eigenvalue weighted by molar-refractivity contribution is 4.92. The number of hydrogen-bond donors (Lipinski definition) is 1. The van der Waals surface area contributed by atoms with Gasteiger partial charge in [-0.15, -0.1) is 13.2 Å². The minimum atomic E-state index is -7.17. The largest absolute Gasteiger partial charge is 0.525 e. The SMILES string of the molecule is CC(C)(O)C(F)(F)C(F)OC(F)(F)C(F)(OC(F)(F)F)C(F)(F)F. The molecule has 0 aliphatic carbocycles. The highest BCUT2D eigenvalue weighted by Crippen LogP contribution is 2.51. The number of hydrogen-bond acceptors (Lipinski definition) is 3. The second kappa shape index (κ2) is 6.09. The Morgan fingerprint density at radius 2 is 1.17 bits per heavy atom. The lowest BCUT2D eigenvalue weighted by Crippen LogP contribution is -2.63. The van der Waals surface area contributed by atoms with Crippen LogP contribution in [0.4, 0.5) is 52.7 Å². The topological polar surface area (TPSA) is 38.7 Å². The molecule has 24 heavy (non-hydrogen) atoms. The molecule has 0 fully saturated rings. The highest BCUT2D eigenvalue weighted by atomic mass is 19.4. The summed E-state index contributed by atoms with van der Waals surface area (Å²) in [6.45, 7) is 0.222. The number of alkyl halides is 12. The van der Waals surface area contributed by atoms with Gasteiger partial charge in [-0.2, -0.15) is 35.1 Å². The molecule has 0 bridgehead atoms. The third-order valence-corrected chi connectivity index (χ3v) is 2.35.